The van der Waals surface area contributed by atoms with E-state index in [0.717, 1.165) is 0 Å². The number of carboxylic acid groups (broad SMARTS) is 1. The number of aliphatic carboxylic acids is 1. The third-order valence-corrected chi connectivity index (χ3v) is 3.64. The molecule has 106 valence electrons. The molecule has 0 spiro atoms. The normalized spacial score (nSPS) is 17.6. The summed E-state index contributed by atoms with van der Waals surface area (Å²) in [4.78, 5) is 14.7. The average Bonchev–Trinajstić information content (AvgIpc) is 2.46. The molecule has 1 aromatic rings. The highest BCUT2D eigenvalue weighted by molar-refractivity contribution is 5.73. The Morgan fingerprint density at radius 3 is 2.55 bits per heavy atom. The molecule has 1 aromatic carbocycles. The topological polar surface area (TPSA) is 67.6 Å². The molecule has 1 atom stereocenters. The standard InChI is InChI=1S/C14H16FN3O2/c1-10(14(19)20)17-4-6-18(7-5-17)13-3-2-11(9-16)8-12(13)15/h2-3,8,10H,4-7H2,1H3,(H,19,20). The van der Waals surface area contributed by atoms with E-state index >= 15 is 0 Å². The Bertz CT molecular complexity index is 548. The summed E-state index contributed by atoms with van der Waals surface area (Å²) < 4.78 is 13.9. The number of rotatable bonds is 3. The van der Waals surface area contributed by atoms with Gasteiger partial charge in [-0.1, -0.05) is 0 Å². The van der Waals surface area contributed by atoms with Crippen molar-refractivity contribution in [2.45, 2.75) is 13.0 Å². The molecule has 6 heteroatoms. The zero-order valence-corrected chi connectivity index (χ0v) is 11.2. The molecule has 0 aromatic heterocycles. The first-order valence-corrected chi connectivity index (χ1v) is 6.44. The van der Waals surface area contributed by atoms with Crippen LogP contribution >= 0.6 is 0 Å². The molecule has 0 saturated carbocycles. The molecular formula is C14H16FN3O2. The Kier molecular flexibility index (Phi) is 4.20. The zero-order chi connectivity index (χ0) is 14.7. The van der Waals surface area contributed by atoms with Gasteiger partial charge in [0.2, 0.25) is 0 Å². The minimum atomic E-state index is -0.844. The Morgan fingerprint density at radius 2 is 2.05 bits per heavy atom. The molecule has 5 nitrogen and oxygen atoms in total. The first-order valence-electron chi connectivity index (χ1n) is 6.44. The molecular weight excluding hydrogens is 261 g/mol. The third-order valence-electron chi connectivity index (χ3n) is 3.64. The molecule has 0 amide bonds. The first kappa shape index (κ1) is 14.3. The van der Waals surface area contributed by atoms with Gasteiger partial charge in [0.1, 0.15) is 11.9 Å². The number of nitriles is 1. The van der Waals surface area contributed by atoms with Crippen molar-refractivity contribution in [2.24, 2.45) is 0 Å². The van der Waals surface area contributed by atoms with Crippen LogP contribution in [-0.2, 0) is 4.79 Å². The highest BCUT2D eigenvalue weighted by Crippen LogP contribution is 2.22. The Morgan fingerprint density at radius 1 is 1.40 bits per heavy atom. The van der Waals surface area contributed by atoms with Crippen LogP contribution in [0.3, 0.4) is 0 Å². The monoisotopic (exact) mass is 277 g/mol. The van der Waals surface area contributed by atoms with Crippen LogP contribution in [0.25, 0.3) is 0 Å². The zero-order valence-electron chi connectivity index (χ0n) is 11.2. The quantitative estimate of drug-likeness (QED) is 0.901. The predicted molar refractivity (Wildman–Crippen MR) is 72.0 cm³/mol. The second kappa shape index (κ2) is 5.88. The number of piperazine rings is 1. The second-order valence-corrected chi connectivity index (χ2v) is 4.82. The SMILES string of the molecule is CC(C(=O)O)N1CCN(c2ccc(C#N)cc2F)CC1. The van der Waals surface area contributed by atoms with E-state index < -0.39 is 17.8 Å². The lowest BCUT2D eigenvalue weighted by molar-refractivity contribution is -0.142. The number of nitrogens with zero attached hydrogens (tertiary/aromatic N) is 3. The molecule has 1 aliphatic heterocycles. The summed E-state index contributed by atoms with van der Waals surface area (Å²) in [7, 11) is 0. The van der Waals surface area contributed by atoms with E-state index in [1.54, 1.807) is 19.1 Å². The summed E-state index contributed by atoms with van der Waals surface area (Å²) in [6.07, 6.45) is 0. The predicted octanol–water partition coefficient (Wildman–Crippen LogP) is 1.29. The van der Waals surface area contributed by atoms with Crippen LogP contribution in [0.1, 0.15) is 12.5 Å². The molecule has 1 aliphatic rings. The van der Waals surface area contributed by atoms with Gasteiger partial charge in [0.15, 0.2) is 0 Å². The number of halogens is 1. The lowest BCUT2D eigenvalue weighted by atomic mass is 10.1. The maximum atomic E-state index is 13.9. The van der Waals surface area contributed by atoms with E-state index in [9.17, 15) is 9.18 Å². The van der Waals surface area contributed by atoms with Crippen molar-refractivity contribution >= 4 is 11.7 Å². The number of carboxylic acids is 1. The van der Waals surface area contributed by atoms with E-state index in [1.165, 1.54) is 6.07 Å². The van der Waals surface area contributed by atoms with Crippen LogP contribution in [0.5, 0.6) is 0 Å². The van der Waals surface area contributed by atoms with Gasteiger partial charge < -0.3 is 10.0 Å². The van der Waals surface area contributed by atoms with Crippen molar-refractivity contribution in [3.8, 4) is 6.07 Å². The maximum Gasteiger partial charge on any atom is 0.320 e. The van der Waals surface area contributed by atoms with Crippen molar-refractivity contribution in [1.29, 1.82) is 5.26 Å². The fourth-order valence-electron chi connectivity index (χ4n) is 2.34. The third kappa shape index (κ3) is 2.89. The fraction of sp³-hybridized carbons (Fsp3) is 0.429. The number of hydrogen-bond donors (Lipinski definition) is 1. The van der Waals surface area contributed by atoms with Crippen LogP contribution in [0.4, 0.5) is 10.1 Å². The molecule has 0 aliphatic carbocycles. The summed E-state index contributed by atoms with van der Waals surface area (Å²) >= 11 is 0. The van der Waals surface area contributed by atoms with Gasteiger partial charge in [-0.25, -0.2) is 4.39 Å². The molecule has 1 fully saturated rings. The molecule has 0 bridgehead atoms. The van der Waals surface area contributed by atoms with Crippen molar-refractivity contribution in [3.05, 3.63) is 29.6 Å². The largest absolute Gasteiger partial charge is 0.480 e. The lowest BCUT2D eigenvalue weighted by Crippen LogP contribution is -2.51. The van der Waals surface area contributed by atoms with Crippen LogP contribution in [0, 0.1) is 17.1 Å². The molecule has 1 unspecified atom stereocenters. The van der Waals surface area contributed by atoms with Gasteiger partial charge in [-0.05, 0) is 25.1 Å². The molecule has 1 saturated heterocycles. The molecule has 20 heavy (non-hydrogen) atoms. The summed E-state index contributed by atoms with van der Waals surface area (Å²) in [5.41, 5.74) is 0.760. The first-order chi connectivity index (χ1) is 9.52. The Balaban J connectivity index is 2.04. The molecule has 1 N–H and O–H groups in total. The number of benzene rings is 1. The minimum Gasteiger partial charge on any atom is -0.480 e. The molecule has 1 heterocycles. The van der Waals surface area contributed by atoms with Gasteiger partial charge in [0, 0.05) is 26.2 Å². The van der Waals surface area contributed by atoms with Gasteiger partial charge in [0.05, 0.1) is 17.3 Å². The number of hydrogen-bond acceptors (Lipinski definition) is 4. The summed E-state index contributed by atoms with van der Waals surface area (Å²) in [5.74, 6) is -1.26. The van der Waals surface area contributed by atoms with E-state index in [1.807, 2.05) is 15.9 Å². The second-order valence-electron chi connectivity index (χ2n) is 4.82. The summed E-state index contributed by atoms with van der Waals surface area (Å²) in [5, 5.41) is 17.7. The maximum absolute atomic E-state index is 13.9. The van der Waals surface area contributed by atoms with Gasteiger partial charge in [-0.15, -0.1) is 0 Å². The summed E-state index contributed by atoms with van der Waals surface area (Å²) in [6, 6.07) is 5.79. The van der Waals surface area contributed by atoms with Crippen molar-refractivity contribution in [2.75, 3.05) is 31.1 Å². The highest BCUT2D eigenvalue weighted by atomic mass is 19.1. The Hall–Kier alpha value is -2.13. The summed E-state index contributed by atoms with van der Waals surface area (Å²) in [6.45, 7) is 3.95. The number of carbonyl (C=O) groups is 1. The average molecular weight is 277 g/mol. The van der Waals surface area contributed by atoms with Crippen LogP contribution in [0.2, 0.25) is 0 Å². The van der Waals surface area contributed by atoms with E-state index in [-0.39, 0.29) is 0 Å². The molecule has 2 rings (SSSR count). The van der Waals surface area contributed by atoms with Crippen molar-refractivity contribution in [1.82, 2.24) is 4.90 Å². The highest BCUT2D eigenvalue weighted by Gasteiger charge is 2.26. The van der Waals surface area contributed by atoms with Gasteiger partial charge in [-0.2, -0.15) is 5.26 Å². The van der Waals surface area contributed by atoms with Crippen LogP contribution in [-0.4, -0.2) is 48.2 Å². The lowest BCUT2D eigenvalue weighted by Gasteiger charge is -2.37. The van der Waals surface area contributed by atoms with Crippen LogP contribution < -0.4 is 4.90 Å². The molecule has 0 radical (unpaired) electrons. The van der Waals surface area contributed by atoms with Gasteiger partial charge in [-0.3, -0.25) is 9.69 Å². The van der Waals surface area contributed by atoms with Crippen molar-refractivity contribution < 1.29 is 14.3 Å². The van der Waals surface area contributed by atoms with E-state index in [0.29, 0.717) is 37.4 Å². The fourth-order valence-corrected chi connectivity index (χ4v) is 2.34. The van der Waals surface area contributed by atoms with Gasteiger partial charge >= 0.3 is 5.97 Å². The minimum absolute atomic E-state index is 0.296. The van der Waals surface area contributed by atoms with E-state index in [4.69, 9.17) is 10.4 Å². The van der Waals surface area contributed by atoms with Gasteiger partial charge in [0.25, 0.3) is 0 Å². The number of anilines is 1. The van der Waals surface area contributed by atoms with Crippen LogP contribution in [0.15, 0.2) is 18.2 Å². The Labute approximate surface area is 116 Å². The van der Waals surface area contributed by atoms with E-state index in [2.05, 4.69) is 0 Å². The van der Waals surface area contributed by atoms with Crippen molar-refractivity contribution in [3.63, 3.8) is 0 Å². The smallest absolute Gasteiger partial charge is 0.320 e.